The number of benzene rings is 2. The second-order valence-electron chi connectivity index (χ2n) is 5.81. The number of thioether (sulfide) groups is 1. The Morgan fingerprint density at radius 1 is 1.14 bits per heavy atom. The standard InChI is InChI=1S/C20H16N4O3S2/c1-12-19(28-11-10-21)29-20(23-12)24-18(26)14-4-8-16(9-5-14)27-15-6-2-13(3-7-15)17(22)25/h2-9H,11H2,1H3,(H2,22,25)(H,23,24,26). The van der Waals surface area contributed by atoms with Gasteiger partial charge in [-0.2, -0.15) is 5.26 Å². The van der Waals surface area contributed by atoms with Crippen LogP contribution in [0.25, 0.3) is 0 Å². The molecule has 0 saturated heterocycles. The predicted molar refractivity (Wildman–Crippen MR) is 113 cm³/mol. The van der Waals surface area contributed by atoms with E-state index in [0.717, 1.165) is 9.90 Å². The SMILES string of the molecule is Cc1nc(NC(=O)c2ccc(Oc3ccc(C(N)=O)cc3)cc2)sc1SCC#N. The Bertz CT molecular complexity index is 1070. The van der Waals surface area contributed by atoms with Crippen molar-refractivity contribution in [3.05, 3.63) is 65.4 Å². The molecule has 1 heterocycles. The fourth-order valence-electron chi connectivity index (χ4n) is 2.33. The van der Waals surface area contributed by atoms with E-state index in [1.807, 2.05) is 6.92 Å². The van der Waals surface area contributed by atoms with Gasteiger partial charge >= 0.3 is 0 Å². The van der Waals surface area contributed by atoms with Gasteiger partial charge in [-0.25, -0.2) is 4.98 Å². The number of anilines is 1. The number of nitriles is 1. The van der Waals surface area contributed by atoms with E-state index in [-0.39, 0.29) is 5.91 Å². The van der Waals surface area contributed by atoms with Gasteiger partial charge in [0.15, 0.2) is 5.13 Å². The number of hydrogen-bond acceptors (Lipinski definition) is 7. The molecule has 7 nitrogen and oxygen atoms in total. The molecular formula is C20H16N4O3S2. The third-order valence-corrected chi connectivity index (χ3v) is 6.04. The van der Waals surface area contributed by atoms with E-state index in [2.05, 4.69) is 16.4 Å². The summed E-state index contributed by atoms with van der Waals surface area (Å²) >= 11 is 2.74. The summed E-state index contributed by atoms with van der Waals surface area (Å²) in [5.74, 6) is 0.649. The normalized spacial score (nSPS) is 10.2. The number of nitrogens with one attached hydrogen (secondary N) is 1. The first kappa shape index (κ1) is 20.4. The molecule has 9 heteroatoms. The second kappa shape index (κ2) is 9.23. The summed E-state index contributed by atoms with van der Waals surface area (Å²) in [5, 5.41) is 11.9. The number of carbonyl (C=O) groups excluding carboxylic acids is 2. The lowest BCUT2D eigenvalue weighted by Gasteiger charge is -2.07. The van der Waals surface area contributed by atoms with Crippen LogP contribution in [0.3, 0.4) is 0 Å². The highest BCUT2D eigenvalue weighted by Gasteiger charge is 2.12. The summed E-state index contributed by atoms with van der Waals surface area (Å²) in [4.78, 5) is 27.8. The highest BCUT2D eigenvalue weighted by molar-refractivity contribution is 8.01. The van der Waals surface area contributed by atoms with Crippen molar-refractivity contribution >= 4 is 40.0 Å². The third-order valence-electron chi connectivity index (χ3n) is 3.73. The number of thiazole rings is 1. The molecule has 0 atom stereocenters. The Labute approximate surface area is 175 Å². The van der Waals surface area contributed by atoms with Gasteiger partial charge in [-0.05, 0) is 55.5 Å². The molecule has 0 unspecified atom stereocenters. The number of nitrogens with zero attached hydrogens (tertiary/aromatic N) is 2. The molecule has 2 amide bonds. The van der Waals surface area contributed by atoms with E-state index in [1.165, 1.54) is 23.1 Å². The van der Waals surface area contributed by atoms with Crippen LogP contribution in [0.5, 0.6) is 11.5 Å². The third kappa shape index (κ3) is 5.34. The van der Waals surface area contributed by atoms with Crippen LogP contribution < -0.4 is 15.8 Å². The number of amides is 2. The molecule has 0 bridgehead atoms. The average Bonchev–Trinajstić information content (AvgIpc) is 3.06. The van der Waals surface area contributed by atoms with Crippen molar-refractivity contribution in [1.29, 1.82) is 5.26 Å². The molecule has 0 fully saturated rings. The lowest BCUT2D eigenvalue weighted by atomic mass is 10.2. The molecule has 3 rings (SSSR count). The quantitative estimate of drug-likeness (QED) is 0.549. The zero-order chi connectivity index (χ0) is 20.8. The van der Waals surface area contributed by atoms with Gasteiger partial charge in [0.25, 0.3) is 5.91 Å². The van der Waals surface area contributed by atoms with Gasteiger partial charge < -0.3 is 10.5 Å². The summed E-state index contributed by atoms with van der Waals surface area (Å²) in [7, 11) is 0. The first-order chi connectivity index (χ1) is 14.0. The molecule has 0 saturated carbocycles. The molecule has 3 N–H and O–H groups in total. The maximum atomic E-state index is 12.4. The molecule has 1 aromatic heterocycles. The smallest absolute Gasteiger partial charge is 0.257 e. The number of primary amides is 1. The largest absolute Gasteiger partial charge is 0.457 e. The maximum absolute atomic E-state index is 12.4. The lowest BCUT2D eigenvalue weighted by molar-refractivity contribution is 0.0997. The van der Waals surface area contributed by atoms with Gasteiger partial charge in [0.2, 0.25) is 5.91 Å². The number of rotatable bonds is 7. The number of aryl methyl sites for hydroxylation is 1. The number of nitrogens with two attached hydrogens (primary N) is 1. The van der Waals surface area contributed by atoms with Crippen molar-refractivity contribution in [3.63, 3.8) is 0 Å². The van der Waals surface area contributed by atoms with E-state index in [0.29, 0.717) is 33.5 Å². The van der Waals surface area contributed by atoms with E-state index >= 15 is 0 Å². The first-order valence-corrected chi connectivity index (χ1v) is 10.2. The van der Waals surface area contributed by atoms with Crippen LogP contribution in [0.2, 0.25) is 0 Å². The minimum Gasteiger partial charge on any atom is -0.457 e. The van der Waals surface area contributed by atoms with E-state index in [4.69, 9.17) is 15.7 Å². The maximum Gasteiger partial charge on any atom is 0.257 e. The van der Waals surface area contributed by atoms with E-state index in [1.54, 1.807) is 48.5 Å². The molecular weight excluding hydrogens is 408 g/mol. The molecule has 3 aromatic rings. The van der Waals surface area contributed by atoms with Crippen LogP contribution in [0.1, 0.15) is 26.4 Å². The summed E-state index contributed by atoms with van der Waals surface area (Å²) in [6.07, 6.45) is 0. The molecule has 0 aliphatic rings. The molecule has 29 heavy (non-hydrogen) atoms. The summed E-state index contributed by atoms with van der Waals surface area (Å²) in [6, 6.07) is 15.2. The zero-order valence-electron chi connectivity index (χ0n) is 15.3. The van der Waals surface area contributed by atoms with Crippen LogP contribution in [0, 0.1) is 18.3 Å². The molecule has 0 spiro atoms. The highest BCUT2D eigenvalue weighted by Crippen LogP contribution is 2.32. The molecule has 146 valence electrons. The zero-order valence-corrected chi connectivity index (χ0v) is 17.0. The van der Waals surface area contributed by atoms with Crippen molar-refractivity contribution in [3.8, 4) is 17.6 Å². The van der Waals surface area contributed by atoms with Gasteiger partial charge in [0, 0.05) is 11.1 Å². The molecule has 0 radical (unpaired) electrons. The Morgan fingerprint density at radius 3 is 2.28 bits per heavy atom. The minimum absolute atomic E-state index is 0.284. The van der Waals surface area contributed by atoms with Gasteiger partial charge in [-0.3, -0.25) is 14.9 Å². The van der Waals surface area contributed by atoms with Crippen LogP contribution >= 0.6 is 23.1 Å². The van der Waals surface area contributed by atoms with Crippen molar-refractivity contribution in [2.45, 2.75) is 11.1 Å². The van der Waals surface area contributed by atoms with Crippen LogP contribution in [-0.4, -0.2) is 22.6 Å². The summed E-state index contributed by atoms with van der Waals surface area (Å²) < 4.78 is 6.61. The van der Waals surface area contributed by atoms with Crippen LogP contribution in [0.15, 0.2) is 52.7 Å². The van der Waals surface area contributed by atoms with Crippen molar-refractivity contribution in [2.75, 3.05) is 11.1 Å². The fourth-order valence-corrected chi connectivity index (χ4v) is 4.13. The van der Waals surface area contributed by atoms with Gasteiger partial charge in [0.1, 0.15) is 11.5 Å². The number of carbonyl (C=O) groups is 2. The van der Waals surface area contributed by atoms with Gasteiger partial charge in [-0.15, -0.1) is 0 Å². The number of ether oxygens (including phenoxy) is 1. The summed E-state index contributed by atoms with van der Waals surface area (Å²) in [5.41, 5.74) is 6.86. The van der Waals surface area contributed by atoms with Crippen LogP contribution in [0.4, 0.5) is 5.13 Å². The average molecular weight is 425 g/mol. The first-order valence-electron chi connectivity index (χ1n) is 8.42. The predicted octanol–water partition coefficient (Wildman–Crippen LogP) is 4.21. The molecule has 0 aliphatic carbocycles. The minimum atomic E-state index is -0.502. The number of aromatic nitrogens is 1. The topological polar surface area (TPSA) is 118 Å². The van der Waals surface area contributed by atoms with Gasteiger partial charge in [0.05, 0.1) is 21.7 Å². The van der Waals surface area contributed by atoms with Crippen molar-refractivity contribution in [2.24, 2.45) is 5.73 Å². The Hall–Kier alpha value is -3.35. The van der Waals surface area contributed by atoms with Crippen molar-refractivity contribution < 1.29 is 14.3 Å². The van der Waals surface area contributed by atoms with E-state index < -0.39 is 5.91 Å². The number of hydrogen-bond donors (Lipinski definition) is 2. The monoisotopic (exact) mass is 424 g/mol. The van der Waals surface area contributed by atoms with Crippen LogP contribution in [-0.2, 0) is 0 Å². The van der Waals surface area contributed by atoms with Crippen molar-refractivity contribution in [1.82, 2.24) is 4.98 Å². The van der Waals surface area contributed by atoms with Gasteiger partial charge in [-0.1, -0.05) is 23.1 Å². The molecule has 2 aromatic carbocycles. The lowest BCUT2D eigenvalue weighted by Crippen LogP contribution is -2.11. The fraction of sp³-hybridized carbons (Fsp3) is 0.100. The Balaban J connectivity index is 1.63. The highest BCUT2D eigenvalue weighted by atomic mass is 32.2. The second-order valence-corrected chi connectivity index (χ2v) is 8.05. The Kier molecular flexibility index (Phi) is 6.49. The molecule has 0 aliphatic heterocycles. The van der Waals surface area contributed by atoms with E-state index in [9.17, 15) is 9.59 Å². The Morgan fingerprint density at radius 2 is 1.72 bits per heavy atom. The summed E-state index contributed by atoms with van der Waals surface area (Å²) in [6.45, 7) is 1.84.